The molecule has 0 spiro atoms. The van der Waals surface area contributed by atoms with Crippen LogP contribution in [0.3, 0.4) is 0 Å². The first-order valence-electron chi connectivity index (χ1n) is 15.8. The molecule has 0 bridgehead atoms. The quantitative estimate of drug-likeness (QED) is 0.292. The number of benzene rings is 2. The minimum Gasteiger partial charge on any atom is -0.444 e. The van der Waals surface area contributed by atoms with Gasteiger partial charge in [-0.25, -0.2) is 4.79 Å². The van der Waals surface area contributed by atoms with E-state index < -0.39 is 29.6 Å². The first-order chi connectivity index (χ1) is 21.7. The summed E-state index contributed by atoms with van der Waals surface area (Å²) in [4.78, 5) is 57.3. The van der Waals surface area contributed by atoms with Crippen molar-refractivity contribution in [2.75, 3.05) is 27.2 Å². The number of carbonyl (C=O) groups is 4. The fraction of sp³-hybridized carbons (Fsp3) is 0.389. The highest BCUT2D eigenvalue weighted by atomic mass is 16.6. The van der Waals surface area contributed by atoms with Crippen LogP contribution in [-0.2, 0) is 14.3 Å². The predicted octanol–water partition coefficient (Wildman–Crippen LogP) is 4.15. The second-order valence-corrected chi connectivity index (χ2v) is 13.7. The van der Waals surface area contributed by atoms with Crippen LogP contribution in [0, 0.1) is 5.92 Å². The van der Waals surface area contributed by atoms with Gasteiger partial charge in [-0.3, -0.25) is 29.2 Å². The molecule has 10 nitrogen and oxygen atoms in total. The zero-order valence-electron chi connectivity index (χ0n) is 27.7. The lowest BCUT2D eigenvalue weighted by Gasteiger charge is -2.24. The van der Waals surface area contributed by atoms with Crippen molar-refractivity contribution in [3.8, 4) is 0 Å². The van der Waals surface area contributed by atoms with E-state index in [1.807, 2.05) is 70.5 Å². The Labute approximate surface area is 270 Å². The molecule has 3 aromatic rings. The van der Waals surface area contributed by atoms with E-state index in [-0.39, 0.29) is 17.4 Å². The van der Waals surface area contributed by atoms with Gasteiger partial charge in [-0.1, -0.05) is 44.2 Å². The summed E-state index contributed by atoms with van der Waals surface area (Å²) in [5.74, 6) is -1.26. The van der Waals surface area contributed by atoms with Gasteiger partial charge in [0.05, 0.1) is 28.8 Å². The van der Waals surface area contributed by atoms with E-state index in [1.54, 1.807) is 33.0 Å². The second kappa shape index (κ2) is 13.1. The van der Waals surface area contributed by atoms with Crippen molar-refractivity contribution < 1.29 is 28.8 Å². The van der Waals surface area contributed by atoms with Crippen molar-refractivity contribution >= 4 is 51.6 Å². The number of carbonyl (C=O) groups excluding carboxylic acids is 4. The molecule has 2 aliphatic heterocycles. The number of hydrogen-bond acceptors (Lipinski definition) is 6. The normalized spacial score (nSPS) is 17.1. The Hall–Kier alpha value is -4.54. The van der Waals surface area contributed by atoms with Crippen molar-refractivity contribution in [3.05, 3.63) is 77.6 Å². The van der Waals surface area contributed by atoms with Gasteiger partial charge in [-0.05, 0) is 59.3 Å². The number of ether oxygens (including phenoxy) is 1. The number of amides is 3. The molecule has 2 atom stereocenters. The average molecular weight is 627 g/mol. The van der Waals surface area contributed by atoms with E-state index in [2.05, 4.69) is 21.6 Å². The molecule has 0 radical (unpaired) electrons. The van der Waals surface area contributed by atoms with Crippen LogP contribution in [0.25, 0.3) is 22.0 Å². The number of hydrogen-bond donors (Lipinski definition) is 3. The van der Waals surface area contributed by atoms with Gasteiger partial charge in [0.2, 0.25) is 0 Å². The molecule has 10 heteroatoms. The molecule has 0 saturated carbocycles. The van der Waals surface area contributed by atoms with Crippen molar-refractivity contribution in [2.24, 2.45) is 5.92 Å². The zero-order chi connectivity index (χ0) is 33.3. The molecular formula is C36H44N5O5+. The number of fused-ring (bicyclic) bond motifs is 2. The molecule has 46 heavy (non-hydrogen) atoms. The van der Waals surface area contributed by atoms with E-state index in [0.29, 0.717) is 34.0 Å². The van der Waals surface area contributed by atoms with Crippen LogP contribution >= 0.6 is 0 Å². The Morgan fingerprint density at radius 3 is 2.35 bits per heavy atom. The molecule has 242 valence electrons. The van der Waals surface area contributed by atoms with Crippen molar-refractivity contribution in [1.29, 1.82) is 0 Å². The second-order valence-electron chi connectivity index (χ2n) is 13.7. The lowest BCUT2D eigenvalue weighted by atomic mass is 9.93. The summed E-state index contributed by atoms with van der Waals surface area (Å²) in [6.07, 6.45) is 4.29. The molecule has 1 unspecified atom stereocenters. The highest BCUT2D eigenvalue weighted by Crippen LogP contribution is 2.40. The molecule has 3 amide bonds. The first kappa shape index (κ1) is 32.8. The fourth-order valence-corrected chi connectivity index (χ4v) is 6.17. The minimum absolute atomic E-state index is 0.0928. The average Bonchev–Trinajstić information content (AvgIpc) is 3.61. The van der Waals surface area contributed by atoms with Gasteiger partial charge >= 0.3 is 6.09 Å². The lowest BCUT2D eigenvalue weighted by molar-refractivity contribution is -0.772. The van der Waals surface area contributed by atoms with Crippen molar-refractivity contribution in [2.45, 2.75) is 59.1 Å². The molecule has 2 aliphatic rings. The van der Waals surface area contributed by atoms with Crippen LogP contribution < -0.4 is 15.5 Å². The summed E-state index contributed by atoms with van der Waals surface area (Å²) >= 11 is 0. The number of alkyl carbamates (subject to hydrolysis) is 1. The third-order valence-corrected chi connectivity index (χ3v) is 8.05. The number of imide groups is 1. The summed E-state index contributed by atoms with van der Waals surface area (Å²) in [5.41, 5.74) is 3.48. The number of rotatable bonds is 10. The molecule has 5 rings (SSSR count). The standard InChI is InChI=1S/C36H43N5O5/c1-22(2)19-27(37-35(45)46-36(3,4)5)34(44)41-21-26(24-14-9-11-16-29(24)41)31-30(32(42)38-33(31)43)25-20-40(18-12-17-39(6)7)28-15-10-8-13-23(25)28/h8-11,13-16,20-22,27H,12,17-19H2,1-7H3,(H,37,45)(H,38,42,43)/p+1/t27-/m0/s1. The largest absolute Gasteiger partial charge is 0.444 e. The maximum absolute atomic E-state index is 14.2. The van der Waals surface area contributed by atoms with Gasteiger partial charge in [0, 0.05) is 41.7 Å². The van der Waals surface area contributed by atoms with Gasteiger partial charge in [0.25, 0.3) is 17.7 Å². The summed E-state index contributed by atoms with van der Waals surface area (Å²) in [5, 5.41) is 5.93. The van der Waals surface area contributed by atoms with E-state index in [1.165, 1.54) is 4.57 Å². The molecule has 0 fully saturated rings. The van der Waals surface area contributed by atoms with Gasteiger partial charge in [-0.2, -0.15) is 0 Å². The smallest absolute Gasteiger partial charge is 0.408 e. The predicted molar refractivity (Wildman–Crippen MR) is 178 cm³/mol. The Bertz CT molecular complexity index is 1760. The summed E-state index contributed by atoms with van der Waals surface area (Å²) < 4.78 is 6.94. The van der Waals surface area contributed by atoms with Crippen LogP contribution in [0.15, 0.2) is 66.5 Å². The number of nitrogens with one attached hydrogen (secondary N) is 3. The van der Waals surface area contributed by atoms with Crippen molar-refractivity contribution in [1.82, 2.24) is 20.1 Å². The monoisotopic (exact) mass is 626 g/mol. The number of nitrogens with zero attached hydrogens (tertiary/aromatic N) is 2. The van der Waals surface area contributed by atoms with Crippen LogP contribution in [0.4, 0.5) is 10.5 Å². The van der Waals surface area contributed by atoms with Gasteiger partial charge in [0.15, 0.2) is 0 Å². The first-order valence-corrected chi connectivity index (χ1v) is 15.8. The molecule has 3 heterocycles. The van der Waals surface area contributed by atoms with Crippen LogP contribution in [0.1, 0.15) is 63.4 Å². The molecule has 0 aliphatic carbocycles. The maximum Gasteiger partial charge on any atom is 0.408 e. The summed E-state index contributed by atoms with van der Waals surface area (Å²) in [6.45, 7) is 11.0. The topological polar surface area (TPSA) is 114 Å². The minimum atomic E-state index is -0.880. The van der Waals surface area contributed by atoms with E-state index in [4.69, 9.17) is 4.74 Å². The van der Waals surface area contributed by atoms with Crippen LogP contribution in [0.5, 0.6) is 0 Å². The Morgan fingerprint density at radius 1 is 0.978 bits per heavy atom. The molecule has 0 saturated heterocycles. The summed E-state index contributed by atoms with van der Waals surface area (Å²) in [6, 6.07) is 14.3. The van der Waals surface area contributed by atoms with Crippen LogP contribution in [0.2, 0.25) is 0 Å². The lowest BCUT2D eigenvalue weighted by Crippen LogP contribution is -3.01. The Morgan fingerprint density at radius 2 is 1.65 bits per heavy atom. The molecule has 3 N–H and O–H groups in total. The van der Waals surface area contributed by atoms with Crippen molar-refractivity contribution in [3.63, 3.8) is 0 Å². The number of quaternary nitrogens is 1. The number of aromatic nitrogens is 1. The highest BCUT2D eigenvalue weighted by Gasteiger charge is 2.40. The summed E-state index contributed by atoms with van der Waals surface area (Å²) in [7, 11) is 4.08. The third kappa shape index (κ3) is 6.83. The van der Waals surface area contributed by atoms with Gasteiger partial charge in [0.1, 0.15) is 23.5 Å². The van der Waals surface area contributed by atoms with E-state index >= 15 is 0 Å². The van der Waals surface area contributed by atoms with Gasteiger partial charge < -0.3 is 15.0 Å². The zero-order valence-corrected chi connectivity index (χ0v) is 27.7. The van der Waals surface area contributed by atoms with Crippen LogP contribution in [-0.4, -0.2) is 72.1 Å². The maximum atomic E-state index is 14.2. The van der Waals surface area contributed by atoms with E-state index in [9.17, 15) is 19.2 Å². The number of para-hydroxylation sites is 2. The highest BCUT2D eigenvalue weighted by molar-refractivity contribution is 6.42. The molecular weight excluding hydrogens is 582 g/mol. The Balaban J connectivity index is 1.61. The molecule has 2 aromatic carbocycles. The van der Waals surface area contributed by atoms with Gasteiger partial charge in [-0.15, -0.1) is 0 Å². The Kier molecular flexibility index (Phi) is 9.32. The fourth-order valence-electron chi connectivity index (χ4n) is 6.17. The van der Waals surface area contributed by atoms with E-state index in [0.717, 1.165) is 35.7 Å². The third-order valence-electron chi connectivity index (χ3n) is 8.05. The molecule has 1 aromatic heterocycles. The SMILES string of the molecule is CC(C)C[C@H](NC(=O)OC(C)(C)C)C(=O)n1cc(C2=C(C3=C[NH+](CCCN(C)C)c4ccccc43)C(=O)NC2=O)c2ccccc21.